The molecule has 2 aromatic rings. The molecule has 1 N–H and O–H groups in total. The summed E-state index contributed by atoms with van der Waals surface area (Å²) in [5, 5.41) is 1.11. The quantitative estimate of drug-likeness (QED) is 0.609. The van der Waals surface area contributed by atoms with Crippen molar-refractivity contribution < 1.29 is 13.2 Å². The third-order valence-corrected chi connectivity index (χ3v) is 5.41. The second kappa shape index (κ2) is 7.82. The van der Waals surface area contributed by atoms with E-state index in [-0.39, 0.29) is 9.92 Å². The van der Waals surface area contributed by atoms with Crippen molar-refractivity contribution in [1.82, 2.24) is 9.71 Å². The first-order valence-electron chi connectivity index (χ1n) is 6.40. The number of hydrogen-bond acceptors (Lipinski definition) is 5. The molecule has 0 bridgehead atoms. The van der Waals surface area contributed by atoms with Crippen LogP contribution in [0.25, 0.3) is 0 Å². The number of aromatic nitrogens is 1. The smallest absolute Gasteiger partial charge is 0.240 e. The fourth-order valence-corrected chi connectivity index (χ4v) is 3.89. The molecule has 1 heterocycles. The molecule has 118 valence electrons. The number of pyridine rings is 1. The molecule has 0 spiro atoms. The van der Waals surface area contributed by atoms with Gasteiger partial charge in [0.05, 0.1) is 22.1 Å². The zero-order valence-electron chi connectivity index (χ0n) is 11.8. The van der Waals surface area contributed by atoms with E-state index >= 15 is 0 Å². The number of nitrogens with zero attached hydrogens (tertiary/aromatic N) is 1. The standard InChI is InChI=1S/C14H15ClN2O3S2/c1-20-13-6-5-11(10-12(13)15)22(18,19)17-8-9-21-14-4-2-3-7-16-14/h2-7,10,17H,8-9H2,1H3. The average molecular weight is 359 g/mol. The van der Waals surface area contributed by atoms with Crippen molar-refractivity contribution in [3.63, 3.8) is 0 Å². The van der Waals surface area contributed by atoms with E-state index in [1.54, 1.807) is 6.20 Å². The maximum Gasteiger partial charge on any atom is 0.240 e. The number of nitrogens with one attached hydrogen (secondary N) is 1. The summed E-state index contributed by atoms with van der Waals surface area (Å²) in [7, 11) is -2.11. The molecule has 0 radical (unpaired) electrons. The Bertz CT molecular complexity index is 724. The summed E-state index contributed by atoms with van der Waals surface area (Å²) in [6, 6.07) is 9.95. The average Bonchev–Trinajstić information content (AvgIpc) is 2.52. The van der Waals surface area contributed by atoms with Crippen LogP contribution in [0.2, 0.25) is 5.02 Å². The number of halogens is 1. The molecule has 0 aliphatic carbocycles. The minimum atomic E-state index is -3.59. The van der Waals surface area contributed by atoms with E-state index in [9.17, 15) is 8.42 Å². The molecular formula is C14H15ClN2O3S2. The van der Waals surface area contributed by atoms with Gasteiger partial charge in [-0.3, -0.25) is 0 Å². The van der Waals surface area contributed by atoms with E-state index in [0.29, 0.717) is 18.0 Å². The van der Waals surface area contributed by atoms with Crippen LogP contribution in [0.15, 0.2) is 52.5 Å². The van der Waals surface area contributed by atoms with Crippen LogP contribution in [0.4, 0.5) is 0 Å². The zero-order chi connectivity index (χ0) is 16.0. The molecule has 0 saturated carbocycles. The molecule has 0 amide bonds. The lowest BCUT2D eigenvalue weighted by Crippen LogP contribution is -2.26. The molecule has 22 heavy (non-hydrogen) atoms. The van der Waals surface area contributed by atoms with E-state index in [0.717, 1.165) is 5.03 Å². The maximum absolute atomic E-state index is 12.2. The topological polar surface area (TPSA) is 68.3 Å². The minimum absolute atomic E-state index is 0.112. The van der Waals surface area contributed by atoms with Crippen LogP contribution < -0.4 is 9.46 Å². The Hall–Kier alpha value is -1.28. The zero-order valence-corrected chi connectivity index (χ0v) is 14.2. The highest BCUT2D eigenvalue weighted by Gasteiger charge is 2.15. The summed E-state index contributed by atoms with van der Waals surface area (Å²) in [6.07, 6.45) is 1.70. The largest absolute Gasteiger partial charge is 0.495 e. The van der Waals surface area contributed by atoms with Gasteiger partial charge < -0.3 is 4.74 Å². The van der Waals surface area contributed by atoms with Crippen LogP contribution in [0.5, 0.6) is 5.75 Å². The molecule has 0 aliphatic rings. The Morgan fingerprint density at radius 1 is 1.32 bits per heavy atom. The molecule has 0 saturated heterocycles. The van der Waals surface area contributed by atoms with E-state index in [2.05, 4.69) is 9.71 Å². The SMILES string of the molecule is COc1ccc(S(=O)(=O)NCCSc2ccccn2)cc1Cl. The van der Waals surface area contributed by atoms with Crippen LogP contribution in [0.3, 0.4) is 0 Å². The summed E-state index contributed by atoms with van der Waals surface area (Å²) >= 11 is 7.43. The molecule has 8 heteroatoms. The molecule has 1 aromatic heterocycles. The molecule has 0 fully saturated rings. The normalized spacial score (nSPS) is 11.4. The Balaban J connectivity index is 1.92. The van der Waals surface area contributed by atoms with E-state index in [1.807, 2.05) is 18.2 Å². The van der Waals surface area contributed by atoms with Gasteiger partial charge in [0.1, 0.15) is 5.75 Å². The van der Waals surface area contributed by atoms with E-state index < -0.39 is 10.0 Å². The third kappa shape index (κ3) is 4.61. The first kappa shape index (κ1) is 17.1. The summed E-state index contributed by atoms with van der Waals surface area (Å²) in [5.74, 6) is 1.02. The van der Waals surface area contributed by atoms with Gasteiger partial charge in [0.15, 0.2) is 0 Å². The van der Waals surface area contributed by atoms with Gasteiger partial charge in [-0.15, -0.1) is 11.8 Å². The third-order valence-electron chi connectivity index (χ3n) is 2.72. The van der Waals surface area contributed by atoms with Crippen molar-refractivity contribution in [3.05, 3.63) is 47.6 Å². The van der Waals surface area contributed by atoms with E-state index in [4.69, 9.17) is 16.3 Å². The summed E-state index contributed by atoms with van der Waals surface area (Å²) in [4.78, 5) is 4.27. The number of methoxy groups -OCH3 is 1. The number of benzene rings is 1. The lowest BCUT2D eigenvalue weighted by molar-refractivity contribution is 0.414. The van der Waals surface area contributed by atoms with Gasteiger partial charge in [-0.05, 0) is 30.3 Å². The number of ether oxygens (including phenoxy) is 1. The van der Waals surface area contributed by atoms with Crippen molar-refractivity contribution in [1.29, 1.82) is 0 Å². The second-order valence-electron chi connectivity index (χ2n) is 4.21. The minimum Gasteiger partial charge on any atom is -0.495 e. The Labute approximate surface area is 139 Å². The molecule has 5 nitrogen and oxygen atoms in total. The van der Waals surface area contributed by atoms with Gasteiger partial charge in [-0.1, -0.05) is 17.7 Å². The fraction of sp³-hybridized carbons (Fsp3) is 0.214. The number of hydrogen-bond donors (Lipinski definition) is 1. The lowest BCUT2D eigenvalue weighted by atomic mass is 10.3. The predicted octanol–water partition coefficient (Wildman–Crippen LogP) is 2.81. The second-order valence-corrected chi connectivity index (χ2v) is 7.50. The molecule has 2 rings (SSSR count). The van der Waals surface area contributed by atoms with Crippen molar-refractivity contribution in [2.24, 2.45) is 0 Å². The number of thioether (sulfide) groups is 1. The van der Waals surface area contributed by atoms with Crippen molar-refractivity contribution in [2.45, 2.75) is 9.92 Å². The summed E-state index contributed by atoms with van der Waals surface area (Å²) in [5.41, 5.74) is 0. The summed E-state index contributed by atoms with van der Waals surface area (Å²) < 4.78 is 31.9. The lowest BCUT2D eigenvalue weighted by Gasteiger charge is -2.08. The van der Waals surface area contributed by atoms with Gasteiger partial charge in [0.25, 0.3) is 0 Å². The van der Waals surface area contributed by atoms with Gasteiger partial charge in [-0.2, -0.15) is 0 Å². The van der Waals surface area contributed by atoms with Gasteiger partial charge in [0, 0.05) is 18.5 Å². The van der Waals surface area contributed by atoms with Crippen LogP contribution >= 0.6 is 23.4 Å². The van der Waals surface area contributed by atoms with Gasteiger partial charge in [-0.25, -0.2) is 18.1 Å². The first-order valence-corrected chi connectivity index (χ1v) is 9.24. The van der Waals surface area contributed by atoms with E-state index in [1.165, 1.54) is 37.1 Å². The molecule has 0 atom stereocenters. The highest BCUT2D eigenvalue weighted by atomic mass is 35.5. The van der Waals surface area contributed by atoms with Crippen LogP contribution in [0, 0.1) is 0 Å². The Morgan fingerprint density at radius 3 is 2.77 bits per heavy atom. The Morgan fingerprint density at radius 2 is 2.14 bits per heavy atom. The van der Waals surface area contributed by atoms with Crippen molar-refractivity contribution >= 4 is 33.4 Å². The first-order chi connectivity index (χ1) is 10.5. The molecule has 0 aliphatic heterocycles. The maximum atomic E-state index is 12.2. The number of sulfonamides is 1. The molecular weight excluding hydrogens is 344 g/mol. The fourth-order valence-electron chi connectivity index (χ4n) is 1.66. The molecule has 1 aromatic carbocycles. The van der Waals surface area contributed by atoms with Gasteiger partial charge >= 0.3 is 0 Å². The van der Waals surface area contributed by atoms with Crippen LogP contribution in [0.1, 0.15) is 0 Å². The molecule has 0 unspecified atom stereocenters. The van der Waals surface area contributed by atoms with Crippen molar-refractivity contribution in [2.75, 3.05) is 19.4 Å². The summed E-state index contributed by atoms with van der Waals surface area (Å²) in [6.45, 7) is 0.299. The highest BCUT2D eigenvalue weighted by molar-refractivity contribution is 7.99. The van der Waals surface area contributed by atoms with Crippen LogP contribution in [-0.4, -0.2) is 32.8 Å². The highest BCUT2D eigenvalue weighted by Crippen LogP contribution is 2.26. The van der Waals surface area contributed by atoms with Crippen LogP contribution in [-0.2, 0) is 10.0 Å². The van der Waals surface area contributed by atoms with Gasteiger partial charge in [0.2, 0.25) is 10.0 Å². The predicted molar refractivity (Wildman–Crippen MR) is 88.2 cm³/mol. The monoisotopic (exact) mass is 358 g/mol. The van der Waals surface area contributed by atoms with Crippen molar-refractivity contribution in [3.8, 4) is 5.75 Å². The number of rotatable bonds is 7. The Kier molecular flexibility index (Phi) is 6.07.